The van der Waals surface area contributed by atoms with Crippen LogP contribution in [-0.2, 0) is 17.3 Å². The van der Waals surface area contributed by atoms with Gasteiger partial charge in [-0.15, -0.1) is 0 Å². The van der Waals surface area contributed by atoms with E-state index in [9.17, 15) is 22.8 Å². The van der Waals surface area contributed by atoms with Crippen molar-refractivity contribution in [3.63, 3.8) is 0 Å². The first kappa shape index (κ1) is 25.0. The number of rotatable bonds is 10. The highest BCUT2D eigenvalue weighted by atomic mass is 19.3. The van der Waals surface area contributed by atoms with Crippen LogP contribution in [0.25, 0.3) is 10.8 Å². The number of ether oxygens (including phenoxy) is 1. The molecule has 4 rings (SSSR count). The summed E-state index contributed by atoms with van der Waals surface area (Å²) >= 11 is 0. The number of halogens is 3. The van der Waals surface area contributed by atoms with E-state index in [0.29, 0.717) is 18.6 Å². The summed E-state index contributed by atoms with van der Waals surface area (Å²) in [5.74, 6) is -0.748. The van der Waals surface area contributed by atoms with Crippen molar-refractivity contribution >= 4 is 16.6 Å². The number of aromatic nitrogens is 3. The summed E-state index contributed by atoms with van der Waals surface area (Å²) in [6.07, 6.45) is 2.14. The summed E-state index contributed by atoms with van der Waals surface area (Å²) in [7, 11) is 1.45. The van der Waals surface area contributed by atoms with Crippen LogP contribution in [0.3, 0.4) is 0 Å². The Morgan fingerprint density at radius 3 is 2.57 bits per heavy atom. The number of benzene rings is 1. The fourth-order valence-electron chi connectivity index (χ4n) is 4.26. The third-order valence-corrected chi connectivity index (χ3v) is 6.55. The first-order chi connectivity index (χ1) is 16.7. The van der Waals surface area contributed by atoms with E-state index in [-0.39, 0.29) is 22.3 Å². The van der Waals surface area contributed by atoms with E-state index >= 15 is 0 Å². The molecule has 0 saturated heterocycles. The van der Waals surface area contributed by atoms with E-state index in [4.69, 9.17) is 4.74 Å². The summed E-state index contributed by atoms with van der Waals surface area (Å²) in [4.78, 5) is 25.7. The molecule has 1 fully saturated rings. The molecule has 2 heterocycles. The molecule has 0 unspecified atom stereocenters. The topological polar surface area (TPSA) is 78.2 Å². The highest BCUT2D eigenvalue weighted by molar-refractivity contribution is 5.90. The molecule has 1 atom stereocenters. The SMILES string of the molecule is CCCCOCC1(n2cc3c(N[C@H](C)c4cccc(C(F)F)c4F)nn(C)c(=O)c3cc2=O)CC1. The Morgan fingerprint density at radius 1 is 1.20 bits per heavy atom. The molecule has 1 saturated carbocycles. The molecule has 10 heteroatoms. The van der Waals surface area contributed by atoms with E-state index in [1.165, 1.54) is 25.2 Å². The molecule has 1 N–H and O–H groups in total. The van der Waals surface area contributed by atoms with E-state index in [1.54, 1.807) is 17.7 Å². The molecule has 0 spiro atoms. The van der Waals surface area contributed by atoms with Crippen LogP contribution in [0.4, 0.5) is 19.0 Å². The number of nitrogens with one attached hydrogen (secondary N) is 1. The number of alkyl halides is 2. The lowest BCUT2D eigenvalue weighted by molar-refractivity contribution is 0.0898. The maximum absolute atomic E-state index is 14.7. The molecule has 0 aliphatic heterocycles. The highest BCUT2D eigenvalue weighted by Crippen LogP contribution is 2.43. The van der Waals surface area contributed by atoms with Crippen LogP contribution in [0.2, 0.25) is 0 Å². The van der Waals surface area contributed by atoms with Gasteiger partial charge in [0.25, 0.3) is 17.5 Å². The van der Waals surface area contributed by atoms with Gasteiger partial charge in [-0.25, -0.2) is 17.9 Å². The Hall–Kier alpha value is -3.14. The van der Waals surface area contributed by atoms with Crippen LogP contribution in [0.1, 0.15) is 63.1 Å². The van der Waals surface area contributed by atoms with Crippen molar-refractivity contribution in [3.8, 4) is 0 Å². The maximum atomic E-state index is 14.7. The Labute approximate surface area is 200 Å². The summed E-state index contributed by atoms with van der Waals surface area (Å²) in [5, 5.41) is 7.90. The zero-order valence-corrected chi connectivity index (χ0v) is 20.0. The average Bonchev–Trinajstić information content (AvgIpc) is 3.60. The van der Waals surface area contributed by atoms with Crippen LogP contribution in [-0.4, -0.2) is 27.6 Å². The first-order valence-corrected chi connectivity index (χ1v) is 11.7. The quantitative estimate of drug-likeness (QED) is 0.419. The first-order valence-electron chi connectivity index (χ1n) is 11.7. The Bertz CT molecular complexity index is 1350. The maximum Gasteiger partial charge on any atom is 0.274 e. The molecule has 3 aromatic rings. The summed E-state index contributed by atoms with van der Waals surface area (Å²) in [5.41, 5.74) is -1.87. The van der Waals surface area contributed by atoms with E-state index in [0.717, 1.165) is 36.4 Å². The van der Waals surface area contributed by atoms with E-state index in [2.05, 4.69) is 17.3 Å². The average molecular weight is 491 g/mol. The van der Waals surface area contributed by atoms with Gasteiger partial charge in [0.2, 0.25) is 0 Å². The molecule has 0 radical (unpaired) electrons. The molecule has 7 nitrogen and oxygen atoms in total. The summed E-state index contributed by atoms with van der Waals surface area (Å²) in [6.45, 7) is 4.69. The minimum absolute atomic E-state index is 0.0444. The lowest BCUT2D eigenvalue weighted by atomic mass is 10.0. The lowest BCUT2D eigenvalue weighted by Crippen LogP contribution is -2.34. The van der Waals surface area contributed by atoms with Crippen LogP contribution in [0.5, 0.6) is 0 Å². The Kier molecular flexibility index (Phi) is 7.02. The molecule has 1 aromatic carbocycles. The molecule has 188 valence electrons. The number of pyridine rings is 1. The second-order valence-corrected chi connectivity index (χ2v) is 9.13. The van der Waals surface area contributed by atoms with Crippen molar-refractivity contribution in [2.24, 2.45) is 7.05 Å². The van der Waals surface area contributed by atoms with Crippen molar-refractivity contribution in [2.75, 3.05) is 18.5 Å². The predicted molar refractivity (Wildman–Crippen MR) is 128 cm³/mol. The van der Waals surface area contributed by atoms with Gasteiger partial charge in [-0.2, -0.15) is 5.10 Å². The Balaban J connectivity index is 1.74. The smallest absolute Gasteiger partial charge is 0.274 e. The minimum atomic E-state index is -2.94. The number of hydrogen-bond donors (Lipinski definition) is 1. The van der Waals surface area contributed by atoms with Crippen LogP contribution in [0, 0.1) is 5.82 Å². The van der Waals surface area contributed by atoms with Crippen molar-refractivity contribution in [1.29, 1.82) is 0 Å². The molecular formula is C25H29F3N4O3. The monoisotopic (exact) mass is 490 g/mol. The highest BCUT2D eigenvalue weighted by Gasteiger charge is 2.45. The van der Waals surface area contributed by atoms with Gasteiger partial charge in [0.05, 0.1) is 29.1 Å². The molecule has 2 aromatic heterocycles. The standard InChI is InChI=1S/C25H29F3N4O3/c1-4-5-11-35-14-25(9-10-25)32-13-19-18(12-20(32)33)24(34)31(3)30-23(19)29-15(2)16-7-6-8-17(21(16)26)22(27)28/h6-8,12-13,15,22H,4-5,9-11,14H2,1-3H3,(H,29,30)/t15-/m1/s1. The van der Waals surface area contributed by atoms with Gasteiger partial charge in [0.1, 0.15) is 5.82 Å². The third-order valence-electron chi connectivity index (χ3n) is 6.55. The second-order valence-electron chi connectivity index (χ2n) is 9.13. The number of unbranched alkanes of at least 4 members (excludes halogenated alkanes) is 1. The van der Waals surface area contributed by atoms with Crippen molar-refractivity contribution in [2.45, 2.75) is 57.5 Å². The lowest BCUT2D eigenvalue weighted by Gasteiger charge is -2.22. The fraction of sp³-hybridized carbons (Fsp3) is 0.480. The minimum Gasteiger partial charge on any atom is -0.379 e. The van der Waals surface area contributed by atoms with Gasteiger partial charge in [0.15, 0.2) is 5.82 Å². The van der Waals surface area contributed by atoms with Gasteiger partial charge in [-0.05, 0) is 26.2 Å². The van der Waals surface area contributed by atoms with Gasteiger partial charge in [-0.1, -0.05) is 31.5 Å². The van der Waals surface area contributed by atoms with Crippen molar-refractivity contribution < 1.29 is 17.9 Å². The Morgan fingerprint density at radius 2 is 1.91 bits per heavy atom. The zero-order valence-electron chi connectivity index (χ0n) is 20.0. The van der Waals surface area contributed by atoms with Crippen LogP contribution < -0.4 is 16.4 Å². The molecule has 35 heavy (non-hydrogen) atoms. The van der Waals surface area contributed by atoms with Gasteiger partial charge >= 0.3 is 0 Å². The molecule has 0 bridgehead atoms. The van der Waals surface area contributed by atoms with Crippen molar-refractivity contribution in [3.05, 3.63) is 68.1 Å². The third kappa shape index (κ3) is 4.84. The molecule has 0 amide bonds. The summed E-state index contributed by atoms with van der Waals surface area (Å²) < 4.78 is 49.6. The van der Waals surface area contributed by atoms with Gasteiger partial charge in [0, 0.05) is 36.9 Å². The number of nitrogens with zero attached hydrogens (tertiary/aromatic N) is 3. The van der Waals surface area contributed by atoms with Crippen molar-refractivity contribution in [1.82, 2.24) is 14.3 Å². The number of fused-ring (bicyclic) bond motifs is 1. The van der Waals surface area contributed by atoms with E-state index < -0.39 is 34.9 Å². The molecular weight excluding hydrogens is 461 g/mol. The normalized spacial score (nSPS) is 15.5. The predicted octanol–water partition coefficient (Wildman–Crippen LogP) is 4.65. The fourth-order valence-corrected chi connectivity index (χ4v) is 4.26. The number of aryl methyl sites for hydroxylation is 1. The number of anilines is 1. The van der Waals surface area contributed by atoms with Crippen LogP contribution in [0.15, 0.2) is 40.1 Å². The van der Waals surface area contributed by atoms with Gasteiger partial charge in [-0.3, -0.25) is 9.59 Å². The van der Waals surface area contributed by atoms with E-state index in [1.807, 2.05) is 0 Å². The van der Waals surface area contributed by atoms with Gasteiger partial charge < -0.3 is 14.6 Å². The van der Waals surface area contributed by atoms with Crippen LogP contribution >= 0.6 is 0 Å². The zero-order chi connectivity index (χ0) is 25.3. The number of hydrogen-bond acceptors (Lipinski definition) is 5. The molecule has 1 aliphatic rings. The largest absolute Gasteiger partial charge is 0.379 e. The second kappa shape index (κ2) is 9.85. The summed E-state index contributed by atoms with van der Waals surface area (Å²) in [6, 6.07) is 4.39. The molecule has 1 aliphatic carbocycles.